The lowest BCUT2D eigenvalue weighted by Gasteiger charge is -2.17. The van der Waals surface area contributed by atoms with Gasteiger partial charge in [0.25, 0.3) is 17.7 Å². The minimum absolute atomic E-state index is 0.0557. The van der Waals surface area contributed by atoms with Crippen LogP contribution in [0, 0.1) is 0 Å². The van der Waals surface area contributed by atoms with Crippen molar-refractivity contribution in [3.05, 3.63) is 40.2 Å². The molecule has 154 valence electrons. The highest BCUT2D eigenvalue weighted by Gasteiger charge is 2.29. The number of ether oxygens (including phenoxy) is 1. The number of primary amides is 1. The molecular formula is C19H21N3O6S. The van der Waals surface area contributed by atoms with E-state index in [-0.39, 0.29) is 5.76 Å². The zero-order valence-corrected chi connectivity index (χ0v) is 16.8. The first-order valence-corrected chi connectivity index (χ1v) is 9.89. The van der Waals surface area contributed by atoms with Gasteiger partial charge in [-0.25, -0.2) is 4.79 Å². The first kappa shape index (κ1) is 20.6. The van der Waals surface area contributed by atoms with Gasteiger partial charge in [-0.1, -0.05) is 0 Å². The van der Waals surface area contributed by atoms with Gasteiger partial charge >= 0.3 is 5.97 Å². The normalized spacial score (nSPS) is 14.6. The molecule has 0 bridgehead atoms. The van der Waals surface area contributed by atoms with E-state index in [0.717, 1.165) is 29.7 Å². The maximum absolute atomic E-state index is 12.4. The Morgan fingerprint density at radius 3 is 2.66 bits per heavy atom. The zero-order chi connectivity index (χ0) is 21.1. The van der Waals surface area contributed by atoms with Crippen LogP contribution in [0.5, 0.6) is 0 Å². The van der Waals surface area contributed by atoms with Gasteiger partial charge < -0.3 is 25.5 Å². The van der Waals surface area contributed by atoms with Crippen molar-refractivity contribution in [2.75, 3.05) is 5.32 Å². The molecule has 0 spiro atoms. The average Bonchev–Trinajstić information content (AvgIpc) is 3.38. The van der Waals surface area contributed by atoms with Crippen LogP contribution in [0.15, 0.2) is 22.8 Å². The molecule has 0 fully saturated rings. The Kier molecular flexibility index (Phi) is 6.02. The summed E-state index contributed by atoms with van der Waals surface area (Å²) in [7, 11) is 0. The van der Waals surface area contributed by atoms with E-state index in [2.05, 4.69) is 10.6 Å². The van der Waals surface area contributed by atoms with E-state index in [1.54, 1.807) is 6.07 Å². The number of amides is 3. The van der Waals surface area contributed by atoms with Crippen LogP contribution >= 0.6 is 11.3 Å². The summed E-state index contributed by atoms with van der Waals surface area (Å²) in [6, 6.07) is 2.01. The lowest BCUT2D eigenvalue weighted by atomic mass is 10.1. The quantitative estimate of drug-likeness (QED) is 0.583. The molecule has 0 aliphatic heterocycles. The predicted molar refractivity (Wildman–Crippen MR) is 105 cm³/mol. The fourth-order valence-electron chi connectivity index (χ4n) is 3.03. The third kappa shape index (κ3) is 4.48. The molecular weight excluding hydrogens is 398 g/mol. The minimum atomic E-state index is -1.14. The predicted octanol–water partition coefficient (Wildman–Crippen LogP) is 1.62. The molecule has 0 saturated heterocycles. The Hall–Kier alpha value is -3.14. The highest BCUT2D eigenvalue weighted by Crippen LogP contribution is 2.38. The number of carbonyl (C=O) groups excluding carboxylic acids is 4. The minimum Gasteiger partial charge on any atom is -0.459 e. The van der Waals surface area contributed by atoms with Crippen LogP contribution in [-0.2, 0) is 27.2 Å². The second kappa shape index (κ2) is 8.48. The van der Waals surface area contributed by atoms with Crippen molar-refractivity contribution < 1.29 is 28.3 Å². The van der Waals surface area contributed by atoms with Gasteiger partial charge in [0, 0.05) is 4.88 Å². The van der Waals surface area contributed by atoms with Crippen LogP contribution in [0.3, 0.4) is 0 Å². The Balaban J connectivity index is 1.59. The monoisotopic (exact) mass is 419 g/mol. The number of aryl methyl sites for hydroxylation is 1. The average molecular weight is 419 g/mol. The fourth-order valence-corrected chi connectivity index (χ4v) is 4.33. The SMILES string of the molecule is C[C@H](NC(=O)c1ccco1)C(=O)O[C@@H](C)C(=O)Nc1sc2c(c1C(N)=O)CCC2. The Morgan fingerprint density at radius 2 is 2.00 bits per heavy atom. The van der Waals surface area contributed by atoms with Crippen molar-refractivity contribution in [3.8, 4) is 0 Å². The summed E-state index contributed by atoms with van der Waals surface area (Å²) < 4.78 is 10.1. The highest BCUT2D eigenvalue weighted by atomic mass is 32.1. The number of nitrogens with two attached hydrogens (primary N) is 1. The van der Waals surface area contributed by atoms with E-state index >= 15 is 0 Å². The van der Waals surface area contributed by atoms with Crippen LogP contribution in [0.4, 0.5) is 5.00 Å². The Labute approximate surface area is 170 Å². The van der Waals surface area contributed by atoms with Gasteiger partial charge in [0.05, 0.1) is 11.8 Å². The third-order valence-corrected chi connectivity index (χ3v) is 5.72. The number of rotatable bonds is 7. The molecule has 2 aromatic rings. The number of fused-ring (bicyclic) bond motifs is 1. The molecule has 2 atom stereocenters. The van der Waals surface area contributed by atoms with E-state index in [1.165, 1.54) is 37.5 Å². The maximum Gasteiger partial charge on any atom is 0.329 e. The molecule has 2 aromatic heterocycles. The fraction of sp³-hybridized carbons (Fsp3) is 0.368. The number of carbonyl (C=O) groups is 4. The standard InChI is InChI=1S/C19H21N3O6S/c1-9(21-17(25)12-6-4-8-27-12)19(26)28-10(2)16(24)22-18-14(15(20)23)11-5-3-7-13(11)29-18/h4,6,8-10H,3,5,7H2,1-2H3,(H2,20,23)(H,21,25)(H,22,24)/t9-,10-/m0/s1. The van der Waals surface area contributed by atoms with E-state index in [4.69, 9.17) is 14.9 Å². The molecule has 9 nitrogen and oxygen atoms in total. The molecule has 2 heterocycles. The van der Waals surface area contributed by atoms with Crippen molar-refractivity contribution in [2.45, 2.75) is 45.3 Å². The van der Waals surface area contributed by atoms with Crippen molar-refractivity contribution in [1.82, 2.24) is 5.32 Å². The van der Waals surface area contributed by atoms with Crippen molar-refractivity contribution >= 4 is 40.0 Å². The molecule has 3 amide bonds. The highest BCUT2D eigenvalue weighted by molar-refractivity contribution is 7.17. The first-order chi connectivity index (χ1) is 13.8. The largest absolute Gasteiger partial charge is 0.459 e. The van der Waals surface area contributed by atoms with Gasteiger partial charge in [0.1, 0.15) is 11.0 Å². The molecule has 3 rings (SSSR count). The van der Waals surface area contributed by atoms with Gasteiger partial charge in [0.15, 0.2) is 11.9 Å². The van der Waals surface area contributed by atoms with Crippen LogP contribution in [-0.4, -0.2) is 35.8 Å². The number of nitrogens with one attached hydrogen (secondary N) is 2. The Bertz CT molecular complexity index is 950. The van der Waals surface area contributed by atoms with Gasteiger partial charge in [-0.2, -0.15) is 0 Å². The molecule has 0 unspecified atom stereocenters. The van der Waals surface area contributed by atoms with E-state index in [9.17, 15) is 19.2 Å². The summed E-state index contributed by atoms with van der Waals surface area (Å²) in [6.07, 6.45) is 2.74. The lowest BCUT2D eigenvalue weighted by Crippen LogP contribution is -2.42. The molecule has 10 heteroatoms. The van der Waals surface area contributed by atoms with Gasteiger partial charge in [-0.3, -0.25) is 14.4 Å². The van der Waals surface area contributed by atoms with Crippen LogP contribution in [0.25, 0.3) is 0 Å². The van der Waals surface area contributed by atoms with Crippen LogP contribution in [0.1, 0.15) is 51.6 Å². The molecule has 29 heavy (non-hydrogen) atoms. The number of esters is 1. The first-order valence-electron chi connectivity index (χ1n) is 9.08. The zero-order valence-electron chi connectivity index (χ0n) is 15.9. The third-order valence-electron chi connectivity index (χ3n) is 4.51. The number of hydrogen-bond acceptors (Lipinski definition) is 7. The number of thiophene rings is 1. The second-order valence-corrected chi connectivity index (χ2v) is 7.77. The summed E-state index contributed by atoms with van der Waals surface area (Å²) in [6.45, 7) is 2.84. The summed E-state index contributed by atoms with van der Waals surface area (Å²) in [4.78, 5) is 49.4. The summed E-state index contributed by atoms with van der Waals surface area (Å²) in [5, 5.41) is 5.43. The maximum atomic E-state index is 12.4. The molecule has 4 N–H and O–H groups in total. The number of anilines is 1. The molecule has 1 aliphatic rings. The van der Waals surface area contributed by atoms with Crippen molar-refractivity contribution in [3.63, 3.8) is 0 Å². The summed E-state index contributed by atoms with van der Waals surface area (Å²) >= 11 is 1.31. The van der Waals surface area contributed by atoms with Crippen LogP contribution in [0.2, 0.25) is 0 Å². The molecule has 0 aromatic carbocycles. The Morgan fingerprint density at radius 1 is 1.24 bits per heavy atom. The van der Waals surface area contributed by atoms with Gasteiger partial charge in [-0.15, -0.1) is 11.3 Å². The number of furan rings is 1. The number of hydrogen-bond donors (Lipinski definition) is 3. The summed E-state index contributed by atoms with van der Waals surface area (Å²) in [5.74, 6) is -2.49. The lowest BCUT2D eigenvalue weighted by molar-refractivity contribution is -0.154. The smallest absolute Gasteiger partial charge is 0.329 e. The van der Waals surface area contributed by atoms with E-state index in [0.29, 0.717) is 10.6 Å². The molecule has 0 saturated carbocycles. The van der Waals surface area contributed by atoms with E-state index in [1.807, 2.05) is 0 Å². The summed E-state index contributed by atoms with van der Waals surface area (Å²) in [5.41, 5.74) is 6.69. The van der Waals surface area contributed by atoms with Gasteiger partial charge in [0.2, 0.25) is 0 Å². The van der Waals surface area contributed by atoms with Crippen LogP contribution < -0.4 is 16.4 Å². The second-order valence-electron chi connectivity index (χ2n) is 6.67. The molecule has 0 radical (unpaired) electrons. The van der Waals surface area contributed by atoms with E-state index < -0.39 is 35.8 Å². The topological polar surface area (TPSA) is 141 Å². The van der Waals surface area contributed by atoms with Gasteiger partial charge in [-0.05, 0) is 50.8 Å². The molecule has 1 aliphatic carbocycles. The van der Waals surface area contributed by atoms with Crippen molar-refractivity contribution in [1.29, 1.82) is 0 Å². The van der Waals surface area contributed by atoms with Crippen molar-refractivity contribution in [2.24, 2.45) is 5.73 Å².